The van der Waals surface area contributed by atoms with Crippen molar-refractivity contribution in [1.29, 1.82) is 0 Å². The van der Waals surface area contributed by atoms with Crippen LogP contribution < -0.4 is 0 Å². The lowest BCUT2D eigenvalue weighted by atomic mass is 9.49. The van der Waals surface area contributed by atoms with Crippen LogP contribution in [0.3, 0.4) is 0 Å². The van der Waals surface area contributed by atoms with Crippen molar-refractivity contribution in [3.05, 3.63) is 0 Å². The minimum Gasteiger partial charge on any atom is -0.0625 e. The molecule has 0 saturated heterocycles. The van der Waals surface area contributed by atoms with Gasteiger partial charge < -0.3 is 0 Å². The highest BCUT2D eigenvalue weighted by Gasteiger charge is 2.50. The monoisotopic (exact) mass is 276 g/mol. The van der Waals surface area contributed by atoms with Crippen molar-refractivity contribution in [2.45, 2.75) is 73.1 Å². The zero-order chi connectivity index (χ0) is 14.4. The summed E-state index contributed by atoms with van der Waals surface area (Å²) in [5.41, 5.74) is 0. The molecule has 8 unspecified atom stereocenters. The summed E-state index contributed by atoms with van der Waals surface area (Å²) in [5.74, 6) is 9.18. The molecule has 8 atom stereocenters. The van der Waals surface area contributed by atoms with Gasteiger partial charge in [-0.3, -0.25) is 0 Å². The van der Waals surface area contributed by atoms with Gasteiger partial charge in [-0.1, -0.05) is 34.6 Å². The predicted octanol–water partition coefficient (Wildman–Crippen LogP) is 6.01. The van der Waals surface area contributed by atoms with E-state index < -0.39 is 0 Å². The Balaban J connectivity index is 1.86. The molecule has 0 N–H and O–H groups in total. The lowest BCUT2D eigenvalue weighted by molar-refractivity contribution is -0.0718. The molecular weight excluding hydrogens is 240 g/mol. The zero-order valence-electron chi connectivity index (χ0n) is 14.4. The second-order valence-corrected chi connectivity index (χ2v) is 9.29. The van der Waals surface area contributed by atoms with Crippen LogP contribution in [-0.2, 0) is 0 Å². The molecule has 0 nitrogen and oxygen atoms in total. The van der Waals surface area contributed by atoms with E-state index in [9.17, 15) is 0 Å². The largest absolute Gasteiger partial charge is 0.0625 e. The van der Waals surface area contributed by atoms with Gasteiger partial charge in [0.1, 0.15) is 0 Å². The van der Waals surface area contributed by atoms with Crippen LogP contribution in [0.25, 0.3) is 0 Å². The molecular formula is C20H36. The third kappa shape index (κ3) is 2.57. The van der Waals surface area contributed by atoms with E-state index in [0.717, 1.165) is 53.3 Å². The Hall–Kier alpha value is 0. The summed E-state index contributed by atoms with van der Waals surface area (Å²) >= 11 is 0. The normalized spacial score (nSPS) is 52.5. The molecule has 0 aromatic rings. The Morgan fingerprint density at radius 2 is 1.25 bits per heavy atom. The molecule has 0 radical (unpaired) electrons. The maximum atomic E-state index is 2.59. The fourth-order valence-electron chi connectivity index (χ4n) is 6.83. The van der Waals surface area contributed by atoms with Crippen LogP contribution >= 0.6 is 0 Å². The van der Waals surface area contributed by atoms with Gasteiger partial charge in [0.15, 0.2) is 0 Å². The van der Waals surface area contributed by atoms with E-state index >= 15 is 0 Å². The highest BCUT2D eigenvalue weighted by molar-refractivity contribution is 4.99. The molecule has 0 heterocycles. The molecule has 3 aliphatic carbocycles. The lowest BCUT2D eigenvalue weighted by Gasteiger charge is -2.56. The average Bonchev–Trinajstić information content (AvgIpc) is 2.36. The van der Waals surface area contributed by atoms with Crippen LogP contribution in [0, 0.1) is 53.3 Å². The van der Waals surface area contributed by atoms with Crippen molar-refractivity contribution in [1.82, 2.24) is 0 Å². The van der Waals surface area contributed by atoms with Gasteiger partial charge in [0, 0.05) is 0 Å². The summed E-state index contributed by atoms with van der Waals surface area (Å²) in [4.78, 5) is 0. The molecule has 0 aliphatic heterocycles. The number of hydrogen-bond donors (Lipinski definition) is 0. The van der Waals surface area contributed by atoms with E-state index in [4.69, 9.17) is 0 Å². The second-order valence-electron chi connectivity index (χ2n) is 9.29. The topological polar surface area (TPSA) is 0 Å². The van der Waals surface area contributed by atoms with E-state index in [2.05, 4.69) is 34.6 Å². The van der Waals surface area contributed by atoms with Crippen LogP contribution in [-0.4, -0.2) is 0 Å². The van der Waals surface area contributed by atoms with E-state index in [0.29, 0.717) is 0 Å². The van der Waals surface area contributed by atoms with Crippen molar-refractivity contribution >= 4 is 0 Å². The van der Waals surface area contributed by atoms with Gasteiger partial charge >= 0.3 is 0 Å². The van der Waals surface area contributed by atoms with Gasteiger partial charge in [0.05, 0.1) is 0 Å². The van der Waals surface area contributed by atoms with Crippen molar-refractivity contribution in [2.24, 2.45) is 53.3 Å². The molecule has 0 amide bonds. The minimum absolute atomic E-state index is 0.899. The fraction of sp³-hybridized carbons (Fsp3) is 1.00. The van der Waals surface area contributed by atoms with E-state index in [1.165, 1.54) is 12.8 Å². The number of fused-ring (bicyclic) bond motifs is 3. The maximum Gasteiger partial charge on any atom is -0.0321 e. The van der Waals surface area contributed by atoms with Gasteiger partial charge in [-0.25, -0.2) is 0 Å². The molecule has 0 aromatic heterocycles. The molecule has 116 valence electrons. The Labute approximate surface area is 127 Å². The molecule has 3 fully saturated rings. The van der Waals surface area contributed by atoms with Crippen molar-refractivity contribution in [2.75, 3.05) is 0 Å². The van der Waals surface area contributed by atoms with Crippen LogP contribution in [0.4, 0.5) is 0 Å². The highest BCUT2D eigenvalue weighted by atomic mass is 14.5. The molecule has 0 heteroatoms. The van der Waals surface area contributed by atoms with E-state index in [1.54, 1.807) is 25.7 Å². The maximum absolute atomic E-state index is 2.59. The van der Waals surface area contributed by atoms with Gasteiger partial charge in [0.2, 0.25) is 0 Å². The van der Waals surface area contributed by atoms with Crippen LogP contribution in [0.1, 0.15) is 73.1 Å². The third-order valence-electron chi connectivity index (χ3n) is 7.31. The van der Waals surface area contributed by atoms with Crippen LogP contribution in [0.15, 0.2) is 0 Å². The third-order valence-corrected chi connectivity index (χ3v) is 7.31. The van der Waals surface area contributed by atoms with Gasteiger partial charge in [-0.05, 0) is 91.8 Å². The number of hydrogen-bond acceptors (Lipinski definition) is 0. The molecule has 20 heavy (non-hydrogen) atoms. The second kappa shape index (κ2) is 5.65. The molecule has 3 saturated carbocycles. The molecule has 0 bridgehead atoms. The highest BCUT2D eigenvalue weighted by Crippen LogP contribution is 2.58. The first-order chi connectivity index (χ1) is 9.47. The summed E-state index contributed by atoms with van der Waals surface area (Å²) in [6.07, 6.45) is 9.21. The predicted molar refractivity (Wildman–Crippen MR) is 87.5 cm³/mol. The summed E-state index contributed by atoms with van der Waals surface area (Å²) in [7, 11) is 0. The summed E-state index contributed by atoms with van der Waals surface area (Å²) in [6.45, 7) is 12.6. The molecule has 0 spiro atoms. The van der Waals surface area contributed by atoms with E-state index in [1.807, 2.05) is 0 Å². The lowest BCUT2D eigenvalue weighted by Crippen LogP contribution is -2.49. The first-order valence-electron chi connectivity index (χ1n) is 9.47. The first-order valence-corrected chi connectivity index (χ1v) is 9.47. The smallest absolute Gasteiger partial charge is 0.0321 e. The Morgan fingerprint density at radius 1 is 0.700 bits per heavy atom. The Bertz CT molecular complexity index is 331. The SMILES string of the molecule is CC1CC(C)C2C(CCC3CC(C)CC(C(C)C)C32)C1. The van der Waals surface area contributed by atoms with E-state index in [-0.39, 0.29) is 0 Å². The summed E-state index contributed by atoms with van der Waals surface area (Å²) in [5, 5.41) is 0. The van der Waals surface area contributed by atoms with Crippen LogP contribution in [0.5, 0.6) is 0 Å². The van der Waals surface area contributed by atoms with Gasteiger partial charge in [0.25, 0.3) is 0 Å². The van der Waals surface area contributed by atoms with Crippen molar-refractivity contribution in [3.8, 4) is 0 Å². The van der Waals surface area contributed by atoms with Gasteiger partial charge in [-0.15, -0.1) is 0 Å². The molecule has 3 rings (SSSR count). The summed E-state index contributed by atoms with van der Waals surface area (Å²) < 4.78 is 0. The Kier molecular flexibility index (Phi) is 4.22. The Morgan fingerprint density at radius 3 is 1.85 bits per heavy atom. The van der Waals surface area contributed by atoms with Crippen molar-refractivity contribution < 1.29 is 0 Å². The minimum atomic E-state index is 0.899. The first kappa shape index (κ1) is 14.9. The van der Waals surface area contributed by atoms with Gasteiger partial charge in [-0.2, -0.15) is 0 Å². The average molecular weight is 277 g/mol. The quantitative estimate of drug-likeness (QED) is 0.550. The number of rotatable bonds is 1. The fourth-order valence-corrected chi connectivity index (χ4v) is 6.83. The van der Waals surface area contributed by atoms with Crippen LogP contribution in [0.2, 0.25) is 0 Å². The van der Waals surface area contributed by atoms with Crippen molar-refractivity contribution in [3.63, 3.8) is 0 Å². The standard InChI is InChI=1S/C20H36/c1-12(2)18-11-14(4)10-17-7-6-16-9-13(3)8-15(5)19(16)20(17)18/h12-20H,6-11H2,1-5H3. The molecule has 3 aliphatic rings. The zero-order valence-corrected chi connectivity index (χ0v) is 14.4. The summed E-state index contributed by atoms with van der Waals surface area (Å²) in [6, 6.07) is 0. The molecule has 0 aromatic carbocycles.